The summed E-state index contributed by atoms with van der Waals surface area (Å²) in [6.45, 7) is 2.82. The van der Waals surface area contributed by atoms with E-state index in [1.54, 1.807) is 14.2 Å². The van der Waals surface area contributed by atoms with Crippen LogP contribution in [0.4, 0.5) is 5.69 Å². The second-order valence-corrected chi connectivity index (χ2v) is 4.21. The van der Waals surface area contributed by atoms with Gasteiger partial charge < -0.3 is 24.8 Å². The third-order valence-corrected chi connectivity index (χ3v) is 3.13. The summed E-state index contributed by atoms with van der Waals surface area (Å²) in [7, 11) is 3.33. The van der Waals surface area contributed by atoms with Crippen LogP contribution in [-0.4, -0.2) is 46.6 Å². The molecule has 1 aromatic carbocycles. The molecule has 2 rings (SSSR count). The summed E-state index contributed by atoms with van der Waals surface area (Å²) in [5.41, 5.74) is 6.69. The number of anilines is 1. The van der Waals surface area contributed by atoms with E-state index < -0.39 is 0 Å². The molecule has 0 spiro atoms. The van der Waals surface area contributed by atoms with Crippen LogP contribution in [0.1, 0.15) is 0 Å². The molecular formula is C13H20N2O3. The normalized spacial score (nSPS) is 19.7. The predicted octanol–water partition coefficient (Wildman–Crippen LogP) is 0.868. The first-order valence-corrected chi connectivity index (χ1v) is 6.07. The van der Waals surface area contributed by atoms with Gasteiger partial charge in [0.15, 0.2) is 0 Å². The Balaban J connectivity index is 2.24. The van der Waals surface area contributed by atoms with Gasteiger partial charge >= 0.3 is 0 Å². The number of methoxy groups -OCH3 is 2. The van der Waals surface area contributed by atoms with Crippen molar-refractivity contribution in [1.29, 1.82) is 0 Å². The van der Waals surface area contributed by atoms with Gasteiger partial charge in [-0.05, 0) is 12.1 Å². The number of ether oxygens (including phenoxy) is 3. The first kappa shape index (κ1) is 13.0. The number of hydrogen-bond donors (Lipinski definition) is 1. The molecule has 0 saturated carbocycles. The zero-order valence-electron chi connectivity index (χ0n) is 10.9. The van der Waals surface area contributed by atoms with Crippen molar-refractivity contribution < 1.29 is 14.2 Å². The van der Waals surface area contributed by atoms with Gasteiger partial charge in [-0.15, -0.1) is 0 Å². The van der Waals surface area contributed by atoms with Crippen molar-refractivity contribution in [3.8, 4) is 11.5 Å². The molecule has 18 heavy (non-hydrogen) atoms. The Hall–Kier alpha value is -1.46. The molecule has 1 aliphatic rings. The Morgan fingerprint density at radius 3 is 2.89 bits per heavy atom. The summed E-state index contributed by atoms with van der Waals surface area (Å²) in [5.74, 6) is 1.66. The smallest absolute Gasteiger partial charge is 0.142 e. The largest absolute Gasteiger partial charge is 0.497 e. The summed E-state index contributed by atoms with van der Waals surface area (Å²) >= 11 is 0. The van der Waals surface area contributed by atoms with Crippen molar-refractivity contribution in [2.24, 2.45) is 5.73 Å². The first-order chi connectivity index (χ1) is 8.78. The summed E-state index contributed by atoms with van der Waals surface area (Å²) in [4.78, 5) is 2.22. The van der Waals surface area contributed by atoms with E-state index in [1.165, 1.54) is 0 Å². The van der Waals surface area contributed by atoms with Gasteiger partial charge in [-0.25, -0.2) is 0 Å². The number of nitrogens with two attached hydrogens (primary N) is 1. The molecule has 0 radical (unpaired) electrons. The highest BCUT2D eigenvalue weighted by Gasteiger charge is 2.22. The summed E-state index contributed by atoms with van der Waals surface area (Å²) in [6, 6.07) is 5.79. The monoisotopic (exact) mass is 252 g/mol. The van der Waals surface area contributed by atoms with Crippen LogP contribution in [0.2, 0.25) is 0 Å². The lowest BCUT2D eigenvalue weighted by atomic mass is 10.2. The molecule has 1 aromatic rings. The number of rotatable bonds is 4. The predicted molar refractivity (Wildman–Crippen MR) is 70.6 cm³/mol. The second-order valence-electron chi connectivity index (χ2n) is 4.21. The summed E-state index contributed by atoms with van der Waals surface area (Å²) in [6.07, 6.45) is 0.0784. The lowest BCUT2D eigenvalue weighted by Gasteiger charge is -2.34. The van der Waals surface area contributed by atoms with E-state index in [1.807, 2.05) is 18.2 Å². The van der Waals surface area contributed by atoms with Crippen molar-refractivity contribution in [1.82, 2.24) is 0 Å². The molecule has 1 atom stereocenters. The Morgan fingerprint density at radius 2 is 2.22 bits per heavy atom. The molecule has 5 heteroatoms. The third kappa shape index (κ3) is 2.68. The lowest BCUT2D eigenvalue weighted by molar-refractivity contribution is 0.0464. The van der Waals surface area contributed by atoms with Gasteiger partial charge in [0, 0.05) is 25.7 Å². The van der Waals surface area contributed by atoms with E-state index in [4.69, 9.17) is 19.9 Å². The van der Waals surface area contributed by atoms with Crippen LogP contribution in [-0.2, 0) is 4.74 Å². The molecule has 0 aromatic heterocycles. The zero-order valence-corrected chi connectivity index (χ0v) is 10.9. The Kier molecular flexibility index (Phi) is 4.28. The van der Waals surface area contributed by atoms with Crippen LogP contribution in [0.3, 0.4) is 0 Å². The van der Waals surface area contributed by atoms with E-state index in [9.17, 15) is 0 Å². The van der Waals surface area contributed by atoms with Gasteiger partial charge in [-0.1, -0.05) is 0 Å². The highest BCUT2D eigenvalue weighted by Crippen LogP contribution is 2.33. The molecule has 0 aliphatic carbocycles. The highest BCUT2D eigenvalue weighted by atomic mass is 16.5. The minimum absolute atomic E-state index is 0.0784. The quantitative estimate of drug-likeness (QED) is 0.861. The summed E-state index contributed by atoms with van der Waals surface area (Å²) in [5, 5.41) is 0. The topological polar surface area (TPSA) is 57.0 Å². The Labute approximate surface area is 107 Å². The van der Waals surface area contributed by atoms with E-state index >= 15 is 0 Å². The third-order valence-electron chi connectivity index (χ3n) is 3.13. The van der Waals surface area contributed by atoms with Gasteiger partial charge in [0.1, 0.15) is 11.5 Å². The molecule has 1 fully saturated rings. The molecule has 100 valence electrons. The fourth-order valence-corrected chi connectivity index (χ4v) is 2.12. The number of benzene rings is 1. The van der Waals surface area contributed by atoms with Crippen molar-refractivity contribution in [2.75, 3.05) is 45.4 Å². The minimum atomic E-state index is 0.0784. The molecule has 1 saturated heterocycles. The second kappa shape index (κ2) is 5.93. The van der Waals surface area contributed by atoms with Crippen LogP contribution in [0.25, 0.3) is 0 Å². The molecular weight excluding hydrogens is 232 g/mol. The average molecular weight is 252 g/mol. The van der Waals surface area contributed by atoms with Crippen LogP contribution in [0.15, 0.2) is 18.2 Å². The molecule has 5 nitrogen and oxygen atoms in total. The van der Waals surface area contributed by atoms with Crippen LogP contribution in [0, 0.1) is 0 Å². The molecule has 0 amide bonds. The van der Waals surface area contributed by atoms with E-state index in [0.29, 0.717) is 13.2 Å². The van der Waals surface area contributed by atoms with Crippen LogP contribution < -0.4 is 20.1 Å². The Bertz CT molecular complexity index is 398. The van der Waals surface area contributed by atoms with Crippen molar-refractivity contribution in [3.05, 3.63) is 18.2 Å². The fourth-order valence-electron chi connectivity index (χ4n) is 2.12. The van der Waals surface area contributed by atoms with Crippen LogP contribution >= 0.6 is 0 Å². The SMILES string of the molecule is COc1ccc(OC)c(N2CCOC(CN)C2)c1. The van der Waals surface area contributed by atoms with Crippen molar-refractivity contribution in [3.63, 3.8) is 0 Å². The van der Waals surface area contributed by atoms with E-state index in [2.05, 4.69) is 4.90 Å². The van der Waals surface area contributed by atoms with Gasteiger partial charge in [-0.3, -0.25) is 0 Å². The maximum Gasteiger partial charge on any atom is 0.142 e. The van der Waals surface area contributed by atoms with Crippen molar-refractivity contribution in [2.45, 2.75) is 6.10 Å². The fraction of sp³-hybridized carbons (Fsp3) is 0.538. The van der Waals surface area contributed by atoms with Gasteiger partial charge in [0.2, 0.25) is 0 Å². The minimum Gasteiger partial charge on any atom is -0.497 e. The maximum absolute atomic E-state index is 5.66. The van der Waals surface area contributed by atoms with E-state index in [-0.39, 0.29) is 6.10 Å². The standard InChI is InChI=1S/C13H20N2O3/c1-16-10-3-4-13(17-2)12(7-10)15-5-6-18-11(8-14)9-15/h3-4,7,11H,5-6,8-9,14H2,1-2H3. The van der Waals surface area contributed by atoms with Gasteiger partial charge in [0.25, 0.3) is 0 Å². The average Bonchev–Trinajstić information content (AvgIpc) is 2.46. The van der Waals surface area contributed by atoms with Crippen molar-refractivity contribution >= 4 is 5.69 Å². The molecule has 1 aliphatic heterocycles. The lowest BCUT2D eigenvalue weighted by Crippen LogP contribution is -2.45. The van der Waals surface area contributed by atoms with Crippen LogP contribution in [0.5, 0.6) is 11.5 Å². The Morgan fingerprint density at radius 1 is 1.39 bits per heavy atom. The van der Waals surface area contributed by atoms with E-state index in [0.717, 1.165) is 30.3 Å². The molecule has 0 bridgehead atoms. The molecule has 1 unspecified atom stereocenters. The van der Waals surface area contributed by atoms with Gasteiger partial charge in [-0.2, -0.15) is 0 Å². The maximum atomic E-state index is 5.66. The molecule has 2 N–H and O–H groups in total. The zero-order chi connectivity index (χ0) is 13.0. The number of nitrogens with zero attached hydrogens (tertiary/aromatic N) is 1. The molecule has 1 heterocycles. The first-order valence-electron chi connectivity index (χ1n) is 6.07. The van der Waals surface area contributed by atoms with Gasteiger partial charge in [0.05, 0.1) is 32.6 Å². The number of morpholine rings is 1. The highest BCUT2D eigenvalue weighted by molar-refractivity contribution is 5.62. The number of hydrogen-bond acceptors (Lipinski definition) is 5. The summed E-state index contributed by atoms with van der Waals surface area (Å²) < 4.78 is 16.2.